The molecule has 0 saturated carbocycles. The highest BCUT2D eigenvalue weighted by Crippen LogP contribution is 2.31. The van der Waals surface area contributed by atoms with Crippen molar-refractivity contribution in [3.8, 4) is 22.8 Å². The molecule has 0 radical (unpaired) electrons. The van der Waals surface area contributed by atoms with Crippen LogP contribution < -0.4 is 9.47 Å². The quantitative estimate of drug-likeness (QED) is 0.730. The highest BCUT2D eigenvalue weighted by molar-refractivity contribution is 5.76. The fourth-order valence-electron chi connectivity index (χ4n) is 2.00. The molecule has 1 aromatic carbocycles. The first-order valence-electron chi connectivity index (χ1n) is 6.11. The van der Waals surface area contributed by atoms with E-state index in [0.29, 0.717) is 11.5 Å². The van der Waals surface area contributed by atoms with Crippen molar-refractivity contribution in [2.24, 2.45) is 0 Å². The van der Waals surface area contributed by atoms with Crippen LogP contribution in [0.3, 0.4) is 0 Å². The molecular weight excluding hydrogens is 254 g/mol. The van der Waals surface area contributed by atoms with Crippen molar-refractivity contribution < 1.29 is 9.47 Å². The Kier molecular flexibility index (Phi) is 3.16. The van der Waals surface area contributed by atoms with Crippen LogP contribution in [-0.2, 0) is 0 Å². The third-order valence-corrected chi connectivity index (χ3v) is 3.02. The molecule has 5 nitrogen and oxygen atoms in total. The van der Waals surface area contributed by atoms with Crippen molar-refractivity contribution in [3.05, 3.63) is 42.9 Å². The Morgan fingerprint density at radius 3 is 2.55 bits per heavy atom. The lowest BCUT2D eigenvalue weighted by Crippen LogP contribution is -1.93. The molecule has 3 aromatic rings. The van der Waals surface area contributed by atoms with Crippen LogP contribution >= 0.6 is 0 Å². The second-order valence-electron chi connectivity index (χ2n) is 4.19. The number of nitrogens with zero attached hydrogens (tertiary/aromatic N) is 3. The van der Waals surface area contributed by atoms with E-state index in [1.165, 1.54) is 0 Å². The third kappa shape index (κ3) is 2.14. The molecule has 0 aliphatic carbocycles. The fourth-order valence-corrected chi connectivity index (χ4v) is 2.00. The summed E-state index contributed by atoms with van der Waals surface area (Å²) in [4.78, 5) is 13.0. The van der Waals surface area contributed by atoms with E-state index in [1.807, 2.05) is 24.3 Å². The second-order valence-corrected chi connectivity index (χ2v) is 4.19. The molecule has 0 atom stereocenters. The maximum atomic E-state index is 5.30. The molecule has 0 bridgehead atoms. The molecule has 20 heavy (non-hydrogen) atoms. The number of ether oxygens (including phenoxy) is 2. The minimum absolute atomic E-state index is 0.668. The molecule has 5 heteroatoms. The number of aromatic nitrogens is 3. The molecule has 0 amide bonds. The number of benzene rings is 1. The zero-order valence-corrected chi connectivity index (χ0v) is 11.2. The smallest absolute Gasteiger partial charge is 0.161 e. The molecule has 0 saturated heterocycles. The van der Waals surface area contributed by atoms with Gasteiger partial charge in [0.05, 0.1) is 37.8 Å². The molecule has 0 fully saturated rings. The Balaban J connectivity index is 2.10. The van der Waals surface area contributed by atoms with Gasteiger partial charge in [0.2, 0.25) is 0 Å². The first-order valence-corrected chi connectivity index (χ1v) is 6.11. The van der Waals surface area contributed by atoms with Gasteiger partial charge in [0, 0.05) is 11.8 Å². The largest absolute Gasteiger partial charge is 0.493 e. The SMILES string of the molecule is COc1ccc(-c2cnc3cnccc3n2)cc1OC. The van der Waals surface area contributed by atoms with E-state index in [0.717, 1.165) is 22.3 Å². The van der Waals surface area contributed by atoms with Gasteiger partial charge in [0.15, 0.2) is 11.5 Å². The van der Waals surface area contributed by atoms with Gasteiger partial charge in [0.1, 0.15) is 5.52 Å². The van der Waals surface area contributed by atoms with Crippen molar-refractivity contribution in [1.29, 1.82) is 0 Å². The Hall–Kier alpha value is -2.69. The van der Waals surface area contributed by atoms with Crippen molar-refractivity contribution >= 4 is 11.0 Å². The molecule has 2 heterocycles. The summed E-state index contributed by atoms with van der Waals surface area (Å²) in [6.45, 7) is 0. The van der Waals surface area contributed by atoms with Crippen LogP contribution in [-0.4, -0.2) is 29.2 Å². The molecule has 2 aromatic heterocycles. The van der Waals surface area contributed by atoms with E-state index in [9.17, 15) is 0 Å². The minimum atomic E-state index is 0.668. The van der Waals surface area contributed by atoms with Gasteiger partial charge < -0.3 is 9.47 Å². The number of hydrogen-bond donors (Lipinski definition) is 0. The normalized spacial score (nSPS) is 10.5. The summed E-state index contributed by atoms with van der Waals surface area (Å²) in [5.74, 6) is 1.36. The van der Waals surface area contributed by atoms with E-state index in [4.69, 9.17) is 9.47 Å². The number of pyridine rings is 1. The molecule has 0 unspecified atom stereocenters. The standard InChI is InChI=1S/C15H13N3O2/c1-19-14-4-3-10(7-15(14)20-2)12-9-17-13-8-16-6-5-11(13)18-12/h3-9H,1-2H3. The lowest BCUT2D eigenvalue weighted by Gasteiger charge is -2.09. The second kappa shape index (κ2) is 5.13. The number of methoxy groups -OCH3 is 2. The number of hydrogen-bond acceptors (Lipinski definition) is 5. The minimum Gasteiger partial charge on any atom is -0.493 e. The maximum Gasteiger partial charge on any atom is 0.161 e. The van der Waals surface area contributed by atoms with Crippen LogP contribution in [0.2, 0.25) is 0 Å². The van der Waals surface area contributed by atoms with Crippen molar-refractivity contribution in [2.45, 2.75) is 0 Å². The molecule has 100 valence electrons. The van der Waals surface area contributed by atoms with Crippen LogP contribution in [0.25, 0.3) is 22.3 Å². The van der Waals surface area contributed by atoms with E-state index >= 15 is 0 Å². The van der Waals surface area contributed by atoms with E-state index in [1.54, 1.807) is 32.8 Å². The lowest BCUT2D eigenvalue weighted by molar-refractivity contribution is 0.355. The van der Waals surface area contributed by atoms with Gasteiger partial charge in [-0.2, -0.15) is 0 Å². The zero-order chi connectivity index (χ0) is 13.9. The molecule has 0 aliphatic heterocycles. The van der Waals surface area contributed by atoms with Crippen LogP contribution in [0.5, 0.6) is 11.5 Å². The first kappa shape index (κ1) is 12.3. The molecule has 0 aliphatic rings. The van der Waals surface area contributed by atoms with Gasteiger partial charge in [-0.15, -0.1) is 0 Å². The average Bonchev–Trinajstić information content (AvgIpc) is 2.53. The van der Waals surface area contributed by atoms with Crippen LogP contribution in [0.1, 0.15) is 0 Å². The van der Waals surface area contributed by atoms with Crippen LogP contribution in [0.4, 0.5) is 0 Å². The molecule has 0 N–H and O–H groups in total. The predicted molar refractivity (Wildman–Crippen MR) is 75.9 cm³/mol. The summed E-state index contributed by atoms with van der Waals surface area (Å²) in [7, 11) is 3.22. The van der Waals surface area contributed by atoms with Crippen molar-refractivity contribution in [3.63, 3.8) is 0 Å². The topological polar surface area (TPSA) is 57.1 Å². The van der Waals surface area contributed by atoms with Crippen LogP contribution in [0.15, 0.2) is 42.9 Å². The van der Waals surface area contributed by atoms with Gasteiger partial charge in [-0.25, -0.2) is 4.98 Å². The summed E-state index contributed by atoms with van der Waals surface area (Å²) >= 11 is 0. The molecular formula is C15H13N3O2. The van der Waals surface area contributed by atoms with Crippen molar-refractivity contribution in [1.82, 2.24) is 15.0 Å². The Morgan fingerprint density at radius 1 is 0.900 bits per heavy atom. The van der Waals surface area contributed by atoms with E-state index in [2.05, 4.69) is 15.0 Å². The van der Waals surface area contributed by atoms with Gasteiger partial charge in [-0.1, -0.05) is 0 Å². The summed E-state index contributed by atoms with van der Waals surface area (Å²) in [6, 6.07) is 7.51. The lowest BCUT2D eigenvalue weighted by atomic mass is 10.1. The summed E-state index contributed by atoms with van der Waals surface area (Å²) in [5, 5.41) is 0. The average molecular weight is 267 g/mol. The predicted octanol–water partition coefficient (Wildman–Crippen LogP) is 2.71. The molecule has 3 rings (SSSR count). The highest BCUT2D eigenvalue weighted by Gasteiger charge is 2.08. The van der Waals surface area contributed by atoms with Gasteiger partial charge in [-0.3, -0.25) is 9.97 Å². The zero-order valence-electron chi connectivity index (χ0n) is 11.2. The maximum absolute atomic E-state index is 5.30. The first-order chi connectivity index (χ1) is 9.81. The van der Waals surface area contributed by atoms with Gasteiger partial charge in [-0.05, 0) is 24.3 Å². The summed E-state index contributed by atoms with van der Waals surface area (Å²) in [6.07, 6.45) is 5.13. The van der Waals surface area contributed by atoms with Crippen molar-refractivity contribution in [2.75, 3.05) is 14.2 Å². The number of fused-ring (bicyclic) bond motifs is 1. The Morgan fingerprint density at radius 2 is 1.75 bits per heavy atom. The summed E-state index contributed by atoms with van der Waals surface area (Å²) < 4.78 is 10.5. The third-order valence-electron chi connectivity index (χ3n) is 3.02. The summed E-state index contributed by atoms with van der Waals surface area (Å²) in [5.41, 5.74) is 3.29. The fraction of sp³-hybridized carbons (Fsp3) is 0.133. The van der Waals surface area contributed by atoms with E-state index in [-0.39, 0.29) is 0 Å². The van der Waals surface area contributed by atoms with E-state index < -0.39 is 0 Å². The monoisotopic (exact) mass is 267 g/mol. The molecule has 0 spiro atoms. The Bertz CT molecular complexity index is 759. The van der Waals surface area contributed by atoms with Crippen LogP contribution in [0, 0.1) is 0 Å². The van der Waals surface area contributed by atoms with Gasteiger partial charge in [0.25, 0.3) is 0 Å². The van der Waals surface area contributed by atoms with Gasteiger partial charge >= 0.3 is 0 Å². The highest BCUT2D eigenvalue weighted by atomic mass is 16.5. The Labute approximate surface area is 116 Å². The number of rotatable bonds is 3.